The highest BCUT2D eigenvalue weighted by Crippen LogP contribution is 2.24. The first-order valence-electron chi connectivity index (χ1n) is 8.49. The van der Waals surface area contributed by atoms with Gasteiger partial charge in [0, 0.05) is 0 Å². The van der Waals surface area contributed by atoms with E-state index in [0.29, 0.717) is 17.8 Å². The average molecular weight is 424 g/mol. The van der Waals surface area contributed by atoms with Gasteiger partial charge in [0.05, 0.1) is 28.9 Å². The van der Waals surface area contributed by atoms with Gasteiger partial charge in [0.2, 0.25) is 0 Å². The first-order chi connectivity index (χ1) is 13.3. The van der Waals surface area contributed by atoms with E-state index >= 15 is 0 Å². The van der Waals surface area contributed by atoms with Crippen LogP contribution in [0.15, 0.2) is 42.5 Å². The van der Waals surface area contributed by atoms with E-state index in [1.165, 1.54) is 28.9 Å². The van der Waals surface area contributed by atoms with E-state index in [9.17, 15) is 13.6 Å². The van der Waals surface area contributed by atoms with E-state index in [1.807, 2.05) is 0 Å². The first kappa shape index (κ1) is 20.3. The summed E-state index contributed by atoms with van der Waals surface area (Å²) in [7, 11) is 0. The summed E-state index contributed by atoms with van der Waals surface area (Å²) in [5.41, 5.74) is 2.18. The molecule has 1 amide bonds. The third kappa shape index (κ3) is 4.34. The second-order valence-corrected chi connectivity index (χ2v) is 7.17. The van der Waals surface area contributed by atoms with Gasteiger partial charge in [-0.3, -0.25) is 4.79 Å². The molecule has 28 heavy (non-hydrogen) atoms. The van der Waals surface area contributed by atoms with Crippen molar-refractivity contribution in [2.45, 2.75) is 26.4 Å². The van der Waals surface area contributed by atoms with Gasteiger partial charge in [-0.1, -0.05) is 41.4 Å². The first-order valence-corrected chi connectivity index (χ1v) is 9.25. The Bertz CT molecular complexity index is 1020. The van der Waals surface area contributed by atoms with Gasteiger partial charge in [-0.15, -0.1) is 0 Å². The van der Waals surface area contributed by atoms with Gasteiger partial charge >= 0.3 is 0 Å². The zero-order valence-corrected chi connectivity index (χ0v) is 16.7. The van der Waals surface area contributed by atoms with Crippen LogP contribution < -0.4 is 5.32 Å². The highest BCUT2D eigenvalue weighted by atomic mass is 35.5. The number of carbonyl (C=O) groups is 1. The summed E-state index contributed by atoms with van der Waals surface area (Å²) in [4.78, 5) is 12.7. The second-order valence-electron chi connectivity index (χ2n) is 6.40. The average Bonchev–Trinajstić information content (AvgIpc) is 2.92. The van der Waals surface area contributed by atoms with Gasteiger partial charge in [-0.05, 0) is 49.2 Å². The van der Waals surface area contributed by atoms with Gasteiger partial charge in [-0.2, -0.15) is 5.10 Å². The highest BCUT2D eigenvalue weighted by Gasteiger charge is 2.22. The molecule has 0 saturated carbocycles. The Hall–Kier alpha value is -2.44. The lowest BCUT2D eigenvalue weighted by molar-refractivity contribution is 0.0939. The monoisotopic (exact) mass is 423 g/mol. The molecule has 1 N–H and O–H groups in total. The van der Waals surface area contributed by atoms with Crippen LogP contribution in [0.4, 0.5) is 8.78 Å². The smallest absolute Gasteiger partial charge is 0.256 e. The van der Waals surface area contributed by atoms with Crippen LogP contribution in [0.2, 0.25) is 10.2 Å². The molecule has 3 rings (SSSR count). The van der Waals surface area contributed by atoms with Crippen LogP contribution >= 0.6 is 23.2 Å². The third-order valence-corrected chi connectivity index (χ3v) is 5.00. The fraction of sp³-hybridized carbons (Fsp3) is 0.200. The predicted molar refractivity (Wildman–Crippen MR) is 105 cm³/mol. The number of nitrogens with zero attached hydrogens (tertiary/aromatic N) is 2. The molecule has 4 nitrogen and oxygen atoms in total. The van der Waals surface area contributed by atoms with E-state index in [-0.39, 0.29) is 21.6 Å². The number of hydrogen-bond acceptors (Lipinski definition) is 2. The highest BCUT2D eigenvalue weighted by molar-refractivity contribution is 6.33. The van der Waals surface area contributed by atoms with E-state index in [0.717, 1.165) is 5.56 Å². The lowest BCUT2D eigenvalue weighted by atomic mass is 10.1. The Morgan fingerprint density at radius 2 is 1.86 bits per heavy atom. The van der Waals surface area contributed by atoms with Gasteiger partial charge in [0.15, 0.2) is 0 Å². The Kier molecular flexibility index (Phi) is 6.01. The van der Waals surface area contributed by atoms with Crippen LogP contribution in [-0.2, 0) is 6.54 Å². The van der Waals surface area contributed by atoms with Crippen LogP contribution in [0.25, 0.3) is 0 Å². The molecule has 0 radical (unpaired) electrons. The summed E-state index contributed by atoms with van der Waals surface area (Å²) < 4.78 is 27.9. The van der Waals surface area contributed by atoms with E-state index in [1.54, 1.807) is 32.0 Å². The molecule has 0 aliphatic carbocycles. The van der Waals surface area contributed by atoms with Crippen molar-refractivity contribution in [1.29, 1.82) is 0 Å². The fourth-order valence-electron chi connectivity index (χ4n) is 2.81. The van der Waals surface area contributed by atoms with Crippen molar-refractivity contribution < 1.29 is 13.6 Å². The lowest BCUT2D eigenvalue weighted by Crippen LogP contribution is -2.27. The summed E-state index contributed by atoms with van der Waals surface area (Å²) in [6, 6.07) is 9.81. The molecular formula is C20H17Cl2F2N3O. The Balaban J connectivity index is 1.78. The molecule has 0 saturated heterocycles. The van der Waals surface area contributed by atoms with Crippen molar-refractivity contribution in [2.75, 3.05) is 0 Å². The summed E-state index contributed by atoms with van der Waals surface area (Å²) >= 11 is 12.2. The number of aromatic nitrogens is 2. The zero-order valence-electron chi connectivity index (χ0n) is 15.1. The summed E-state index contributed by atoms with van der Waals surface area (Å²) in [5.74, 6) is -1.26. The van der Waals surface area contributed by atoms with Crippen LogP contribution in [0.1, 0.15) is 40.1 Å². The Morgan fingerprint density at radius 3 is 2.50 bits per heavy atom. The zero-order chi connectivity index (χ0) is 20.4. The Labute approximate surface area is 171 Å². The van der Waals surface area contributed by atoms with Crippen molar-refractivity contribution in [1.82, 2.24) is 15.1 Å². The number of carbonyl (C=O) groups excluding carboxylic acids is 1. The van der Waals surface area contributed by atoms with Gasteiger partial charge in [0.1, 0.15) is 16.8 Å². The number of hydrogen-bond donors (Lipinski definition) is 1. The molecule has 0 fully saturated rings. The molecule has 8 heteroatoms. The van der Waals surface area contributed by atoms with Crippen molar-refractivity contribution in [3.8, 4) is 0 Å². The van der Waals surface area contributed by atoms with E-state index in [4.69, 9.17) is 23.2 Å². The maximum absolute atomic E-state index is 13.3. The number of halogens is 4. The normalized spacial score (nSPS) is 12.1. The van der Waals surface area contributed by atoms with Crippen LogP contribution in [0, 0.1) is 18.6 Å². The predicted octanol–water partition coefficient (Wildman–Crippen LogP) is 5.32. The van der Waals surface area contributed by atoms with Gasteiger partial charge in [-0.25, -0.2) is 13.5 Å². The molecule has 0 aliphatic rings. The van der Waals surface area contributed by atoms with Crippen LogP contribution in [0.5, 0.6) is 0 Å². The van der Waals surface area contributed by atoms with Gasteiger partial charge in [0.25, 0.3) is 5.91 Å². The van der Waals surface area contributed by atoms with Crippen molar-refractivity contribution in [3.05, 3.63) is 86.7 Å². The number of benzene rings is 2. The molecule has 0 aliphatic heterocycles. The van der Waals surface area contributed by atoms with E-state index in [2.05, 4.69) is 10.4 Å². The van der Waals surface area contributed by atoms with Crippen molar-refractivity contribution >= 4 is 29.1 Å². The topological polar surface area (TPSA) is 46.9 Å². The number of amides is 1. The molecular weight excluding hydrogens is 407 g/mol. The molecule has 1 atom stereocenters. The molecule has 1 aromatic heterocycles. The van der Waals surface area contributed by atoms with E-state index < -0.39 is 17.8 Å². The number of aryl methyl sites for hydroxylation is 1. The van der Waals surface area contributed by atoms with Gasteiger partial charge < -0.3 is 5.32 Å². The third-order valence-electron chi connectivity index (χ3n) is 4.33. The molecule has 146 valence electrons. The molecule has 1 unspecified atom stereocenters. The minimum atomic E-state index is -0.523. The van der Waals surface area contributed by atoms with Crippen LogP contribution in [-0.4, -0.2) is 15.7 Å². The van der Waals surface area contributed by atoms with Crippen LogP contribution in [0.3, 0.4) is 0 Å². The lowest BCUT2D eigenvalue weighted by Gasteiger charge is -2.15. The maximum atomic E-state index is 13.3. The summed E-state index contributed by atoms with van der Waals surface area (Å²) in [5, 5.41) is 7.30. The molecule has 0 spiro atoms. The molecule has 1 heterocycles. The minimum absolute atomic E-state index is 0.0140. The molecule has 0 bridgehead atoms. The number of nitrogens with one attached hydrogen (secondary N) is 1. The SMILES string of the molecule is Cc1nn(Cc2ccc(F)cc2)c(Cl)c1C(=O)NC(C)c1ccc(F)c(Cl)c1. The summed E-state index contributed by atoms with van der Waals surface area (Å²) in [6.07, 6.45) is 0. The molecule has 3 aromatic rings. The standard InChI is InChI=1S/C20H17Cl2F2N3O/c1-11(14-5-8-17(24)16(21)9-14)25-20(28)18-12(2)26-27(19(18)22)10-13-3-6-15(23)7-4-13/h3-9,11H,10H2,1-2H3,(H,25,28). The van der Waals surface area contributed by atoms with Crippen molar-refractivity contribution in [3.63, 3.8) is 0 Å². The molecule has 2 aromatic carbocycles. The minimum Gasteiger partial charge on any atom is -0.345 e. The Morgan fingerprint density at radius 1 is 1.18 bits per heavy atom. The fourth-order valence-corrected chi connectivity index (χ4v) is 3.32. The summed E-state index contributed by atoms with van der Waals surface area (Å²) in [6.45, 7) is 3.74. The maximum Gasteiger partial charge on any atom is 0.256 e. The van der Waals surface area contributed by atoms with Crippen molar-refractivity contribution in [2.24, 2.45) is 0 Å². The second kappa shape index (κ2) is 8.29. The number of rotatable bonds is 5. The quantitative estimate of drug-likeness (QED) is 0.603. The largest absolute Gasteiger partial charge is 0.345 e.